The van der Waals surface area contributed by atoms with Crippen LogP contribution in [0, 0.1) is 0 Å². The van der Waals surface area contributed by atoms with Crippen molar-refractivity contribution in [2.45, 2.75) is 64.1 Å². The Morgan fingerprint density at radius 3 is 2.27 bits per heavy atom. The molecule has 2 saturated heterocycles. The average molecular weight is 378 g/mol. The molecule has 2 aliphatic rings. The summed E-state index contributed by atoms with van der Waals surface area (Å²) in [5, 5.41) is 0.832. The van der Waals surface area contributed by atoms with Crippen LogP contribution < -0.4 is 0 Å². The number of halogens is 1. The van der Waals surface area contributed by atoms with E-state index < -0.39 is 0 Å². The first-order valence-electron chi connectivity index (χ1n) is 10.3. The Hall–Kier alpha value is -0.610. The molecule has 0 aromatic heterocycles. The summed E-state index contributed by atoms with van der Waals surface area (Å²) < 4.78 is 0. The molecule has 3 rings (SSSR count). The normalized spacial score (nSPS) is 25.3. The first-order chi connectivity index (χ1) is 12.3. The molecule has 2 aliphatic heterocycles. The van der Waals surface area contributed by atoms with Gasteiger partial charge in [0.05, 0.1) is 0 Å². The van der Waals surface area contributed by atoms with Gasteiger partial charge in [0.2, 0.25) is 0 Å². The van der Waals surface area contributed by atoms with Crippen molar-refractivity contribution in [2.24, 2.45) is 0 Å². The molecule has 4 heteroatoms. The van der Waals surface area contributed by atoms with Crippen molar-refractivity contribution in [1.29, 1.82) is 0 Å². The van der Waals surface area contributed by atoms with Crippen LogP contribution in [0.4, 0.5) is 0 Å². The number of likely N-dealkylation sites (tertiary alicyclic amines) is 1. The molecule has 0 radical (unpaired) electrons. The Bertz CT molecular complexity index is 558. The van der Waals surface area contributed by atoms with Crippen molar-refractivity contribution in [1.82, 2.24) is 14.7 Å². The molecule has 1 aromatic rings. The lowest BCUT2D eigenvalue weighted by molar-refractivity contribution is 0.0384. The van der Waals surface area contributed by atoms with Crippen LogP contribution in [0.25, 0.3) is 0 Å². The molecule has 146 valence electrons. The SMILES string of the molecule is CN1CCCN(C2CCN(C(C)(C)C)CC2)C(Cc2ccc(Cl)cc2)C1. The highest BCUT2D eigenvalue weighted by Crippen LogP contribution is 2.27. The summed E-state index contributed by atoms with van der Waals surface area (Å²) in [6.45, 7) is 13.1. The van der Waals surface area contributed by atoms with E-state index in [2.05, 4.69) is 54.7 Å². The molecule has 3 nitrogen and oxygen atoms in total. The second kappa shape index (κ2) is 8.60. The lowest BCUT2D eigenvalue weighted by atomic mass is 9.94. The fourth-order valence-corrected chi connectivity index (χ4v) is 4.81. The largest absolute Gasteiger partial charge is 0.305 e. The van der Waals surface area contributed by atoms with Gasteiger partial charge in [0.15, 0.2) is 0 Å². The predicted molar refractivity (Wildman–Crippen MR) is 112 cm³/mol. The third-order valence-corrected chi connectivity index (χ3v) is 6.47. The zero-order valence-corrected chi connectivity index (χ0v) is 17.8. The Kier molecular flexibility index (Phi) is 6.66. The Morgan fingerprint density at radius 1 is 1.00 bits per heavy atom. The highest BCUT2D eigenvalue weighted by Gasteiger charge is 2.34. The van der Waals surface area contributed by atoms with Gasteiger partial charge in [-0.25, -0.2) is 0 Å². The molecule has 2 heterocycles. The van der Waals surface area contributed by atoms with E-state index in [1.807, 2.05) is 12.1 Å². The number of piperidine rings is 1. The minimum Gasteiger partial charge on any atom is -0.305 e. The van der Waals surface area contributed by atoms with Gasteiger partial charge in [-0.3, -0.25) is 9.80 Å². The summed E-state index contributed by atoms with van der Waals surface area (Å²) >= 11 is 6.08. The minimum absolute atomic E-state index is 0.298. The highest BCUT2D eigenvalue weighted by atomic mass is 35.5. The molecule has 1 unspecified atom stereocenters. The summed E-state index contributed by atoms with van der Waals surface area (Å²) in [4.78, 5) is 8.02. The number of nitrogens with zero attached hydrogens (tertiary/aromatic N) is 3. The maximum Gasteiger partial charge on any atom is 0.0406 e. The van der Waals surface area contributed by atoms with Gasteiger partial charge in [-0.1, -0.05) is 23.7 Å². The fraction of sp³-hybridized carbons (Fsp3) is 0.727. The molecule has 0 saturated carbocycles. The first-order valence-corrected chi connectivity index (χ1v) is 10.6. The maximum absolute atomic E-state index is 6.08. The smallest absolute Gasteiger partial charge is 0.0406 e. The number of hydrogen-bond acceptors (Lipinski definition) is 3. The van der Waals surface area contributed by atoms with Crippen molar-refractivity contribution in [3.05, 3.63) is 34.9 Å². The summed E-state index contributed by atoms with van der Waals surface area (Å²) in [6.07, 6.45) is 5.02. The van der Waals surface area contributed by atoms with Gasteiger partial charge >= 0.3 is 0 Å². The lowest BCUT2D eigenvalue weighted by Gasteiger charge is -2.45. The quantitative estimate of drug-likeness (QED) is 0.783. The molecule has 0 aliphatic carbocycles. The topological polar surface area (TPSA) is 9.72 Å². The van der Waals surface area contributed by atoms with Crippen LogP contribution in [0.3, 0.4) is 0 Å². The van der Waals surface area contributed by atoms with Gasteiger partial charge in [-0.05, 0) is 77.7 Å². The molecular formula is C22H36ClN3. The van der Waals surface area contributed by atoms with Crippen LogP contribution in [0.5, 0.6) is 0 Å². The number of benzene rings is 1. The standard InChI is InChI=1S/C22H36ClN3/c1-22(2,3)25-14-10-20(11-15-25)26-13-5-12-24(4)17-21(26)16-18-6-8-19(23)9-7-18/h6-9,20-21H,5,10-17H2,1-4H3. The van der Waals surface area contributed by atoms with Gasteiger partial charge in [-0.2, -0.15) is 0 Å². The summed E-state index contributed by atoms with van der Waals surface area (Å²) in [5.74, 6) is 0. The molecule has 0 bridgehead atoms. The van der Waals surface area contributed by atoms with Gasteiger partial charge in [0, 0.05) is 48.8 Å². The van der Waals surface area contributed by atoms with E-state index in [-0.39, 0.29) is 0 Å². The van der Waals surface area contributed by atoms with Gasteiger partial charge < -0.3 is 4.90 Å². The van der Waals surface area contributed by atoms with Gasteiger partial charge in [0.25, 0.3) is 0 Å². The number of likely N-dealkylation sites (N-methyl/N-ethyl adjacent to an activating group) is 1. The third kappa shape index (κ3) is 5.22. The molecule has 0 N–H and O–H groups in total. The van der Waals surface area contributed by atoms with Crippen LogP contribution in [-0.4, -0.2) is 72.1 Å². The zero-order valence-electron chi connectivity index (χ0n) is 17.0. The van der Waals surface area contributed by atoms with Crippen LogP contribution >= 0.6 is 11.6 Å². The molecule has 1 aromatic carbocycles. The third-order valence-electron chi connectivity index (χ3n) is 6.21. The monoisotopic (exact) mass is 377 g/mol. The molecular weight excluding hydrogens is 342 g/mol. The first kappa shape index (κ1) is 20.1. The van der Waals surface area contributed by atoms with E-state index in [1.54, 1.807) is 0 Å². The van der Waals surface area contributed by atoms with Crippen LogP contribution in [0.2, 0.25) is 5.02 Å². The molecule has 2 fully saturated rings. The van der Waals surface area contributed by atoms with Gasteiger partial charge in [0.1, 0.15) is 0 Å². The Labute approximate surface area is 165 Å². The lowest BCUT2D eigenvalue weighted by Crippen LogP contribution is -2.54. The predicted octanol–water partition coefficient (Wildman–Crippen LogP) is 4.15. The summed E-state index contributed by atoms with van der Waals surface area (Å²) in [5.41, 5.74) is 1.71. The van der Waals surface area contributed by atoms with Crippen LogP contribution in [0.15, 0.2) is 24.3 Å². The van der Waals surface area contributed by atoms with E-state index in [9.17, 15) is 0 Å². The molecule has 0 spiro atoms. The summed E-state index contributed by atoms with van der Waals surface area (Å²) in [7, 11) is 2.28. The summed E-state index contributed by atoms with van der Waals surface area (Å²) in [6, 6.07) is 9.81. The Morgan fingerprint density at radius 2 is 1.65 bits per heavy atom. The van der Waals surface area contributed by atoms with Crippen molar-refractivity contribution in [2.75, 3.05) is 39.8 Å². The average Bonchev–Trinajstić information content (AvgIpc) is 2.77. The van der Waals surface area contributed by atoms with Crippen molar-refractivity contribution >= 4 is 11.6 Å². The second-order valence-corrected chi connectivity index (χ2v) is 9.66. The van der Waals surface area contributed by atoms with Crippen molar-refractivity contribution in [3.8, 4) is 0 Å². The molecule has 1 atom stereocenters. The van der Waals surface area contributed by atoms with Crippen LogP contribution in [-0.2, 0) is 6.42 Å². The highest BCUT2D eigenvalue weighted by molar-refractivity contribution is 6.30. The van der Waals surface area contributed by atoms with Crippen molar-refractivity contribution in [3.63, 3.8) is 0 Å². The van der Waals surface area contributed by atoms with E-state index in [1.165, 1.54) is 57.5 Å². The van der Waals surface area contributed by atoms with E-state index >= 15 is 0 Å². The second-order valence-electron chi connectivity index (χ2n) is 9.23. The maximum atomic E-state index is 6.08. The number of hydrogen-bond donors (Lipinski definition) is 0. The zero-order chi connectivity index (χ0) is 18.7. The fourth-order valence-electron chi connectivity index (χ4n) is 4.69. The van der Waals surface area contributed by atoms with Gasteiger partial charge in [-0.15, -0.1) is 0 Å². The van der Waals surface area contributed by atoms with E-state index in [0.29, 0.717) is 11.6 Å². The minimum atomic E-state index is 0.298. The van der Waals surface area contributed by atoms with Crippen LogP contribution in [0.1, 0.15) is 45.6 Å². The number of rotatable bonds is 3. The van der Waals surface area contributed by atoms with E-state index in [0.717, 1.165) is 17.5 Å². The molecule has 0 amide bonds. The van der Waals surface area contributed by atoms with Crippen molar-refractivity contribution < 1.29 is 0 Å². The Balaban J connectivity index is 1.69. The van der Waals surface area contributed by atoms with E-state index in [4.69, 9.17) is 11.6 Å². The molecule has 26 heavy (non-hydrogen) atoms.